The number of amides is 1. The number of carbonyl (C=O) groups is 1. The number of ether oxygens (including phenoxy) is 1. The van der Waals surface area contributed by atoms with Crippen molar-refractivity contribution in [3.05, 3.63) is 95.1 Å². The Morgan fingerprint density at radius 3 is 2.25 bits per heavy atom. The van der Waals surface area contributed by atoms with Crippen molar-refractivity contribution in [2.45, 2.75) is 13.8 Å². The molecule has 0 unspecified atom stereocenters. The van der Waals surface area contributed by atoms with Crippen LogP contribution >= 0.6 is 0 Å². The molecule has 0 saturated carbocycles. The van der Waals surface area contributed by atoms with Crippen molar-refractivity contribution in [1.29, 1.82) is 5.26 Å². The van der Waals surface area contributed by atoms with Gasteiger partial charge in [0.2, 0.25) is 0 Å². The van der Waals surface area contributed by atoms with Crippen molar-refractivity contribution in [1.82, 2.24) is 0 Å². The van der Waals surface area contributed by atoms with Crippen LogP contribution in [0.4, 0.5) is 5.69 Å². The summed E-state index contributed by atoms with van der Waals surface area (Å²) in [6.07, 6.45) is 1.56. The largest absolute Gasteiger partial charge is 0.457 e. The summed E-state index contributed by atoms with van der Waals surface area (Å²) < 4.78 is 5.81. The Bertz CT molecular complexity index is 1040. The molecular weight excluding hydrogens is 348 g/mol. The number of nitrogens with one attached hydrogen (secondary N) is 1. The third-order valence-electron chi connectivity index (χ3n) is 4.23. The van der Waals surface area contributed by atoms with Crippen LogP contribution in [-0.2, 0) is 4.79 Å². The Morgan fingerprint density at radius 1 is 0.929 bits per heavy atom. The quantitative estimate of drug-likeness (QED) is 0.468. The average Bonchev–Trinajstić information content (AvgIpc) is 2.70. The lowest BCUT2D eigenvalue weighted by Gasteiger charge is -2.11. The normalized spacial score (nSPS) is 10.8. The zero-order chi connectivity index (χ0) is 19.9. The molecule has 1 N–H and O–H groups in total. The predicted molar refractivity (Wildman–Crippen MR) is 111 cm³/mol. The van der Waals surface area contributed by atoms with Gasteiger partial charge in [0.1, 0.15) is 23.1 Å². The van der Waals surface area contributed by atoms with E-state index in [1.54, 1.807) is 12.1 Å². The third-order valence-corrected chi connectivity index (χ3v) is 4.23. The highest BCUT2D eigenvalue weighted by Gasteiger charge is 2.12. The monoisotopic (exact) mass is 368 g/mol. The van der Waals surface area contributed by atoms with Gasteiger partial charge in [-0.3, -0.25) is 4.79 Å². The lowest BCUT2D eigenvalue weighted by molar-refractivity contribution is -0.112. The Kier molecular flexibility index (Phi) is 5.88. The van der Waals surface area contributed by atoms with Gasteiger partial charge in [-0.25, -0.2) is 0 Å². The SMILES string of the molecule is Cc1cccc(C)c1NC(=O)C(C#N)=Cc1cccc(Oc2ccccc2)c1. The lowest BCUT2D eigenvalue weighted by atomic mass is 10.1. The molecule has 0 bridgehead atoms. The highest BCUT2D eigenvalue weighted by molar-refractivity contribution is 6.10. The van der Waals surface area contributed by atoms with E-state index in [1.807, 2.05) is 86.6 Å². The number of rotatable bonds is 5. The number of para-hydroxylation sites is 2. The van der Waals surface area contributed by atoms with Gasteiger partial charge in [0.05, 0.1) is 0 Å². The molecule has 0 aromatic heterocycles. The number of benzene rings is 3. The molecule has 138 valence electrons. The first-order chi connectivity index (χ1) is 13.6. The highest BCUT2D eigenvalue weighted by atomic mass is 16.5. The molecule has 0 aliphatic carbocycles. The second-order valence-electron chi connectivity index (χ2n) is 6.38. The van der Waals surface area contributed by atoms with E-state index >= 15 is 0 Å². The number of hydrogen-bond acceptors (Lipinski definition) is 3. The summed E-state index contributed by atoms with van der Waals surface area (Å²) in [6.45, 7) is 3.84. The minimum atomic E-state index is -0.436. The molecule has 0 fully saturated rings. The molecule has 0 radical (unpaired) electrons. The van der Waals surface area contributed by atoms with Gasteiger partial charge >= 0.3 is 0 Å². The van der Waals surface area contributed by atoms with E-state index in [4.69, 9.17) is 4.74 Å². The van der Waals surface area contributed by atoms with E-state index in [0.717, 1.165) is 22.6 Å². The second-order valence-corrected chi connectivity index (χ2v) is 6.38. The van der Waals surface area contributed by atoms with Crippen LogP contribution in [-0.4, -0.2) is 5.91 Å². The van der Waals surface area contributed by atoms with E-state index in [2.05, 4.69) is 5.32 Å². The maximum absolute atomic E-state index is 12.6. The van der Waals surface area contributed by atoms with Crippen LogP contribution < -0.4 is 10.1 Å². The van der Waals surface area contributed by atoms with Crippen LogP contribution in [0.25, 0.3) is 6.08 Å². The third kappa shape index (κ3) is 4.66. The van der Waals surface area contributed by atoms with Crippen LogP contribution in [0.5, 0.6) is 11.5 Å². The average molecular weight is 368 g/mol. The molecule has 0 atom stereocenters. The number of carbonyl (C=O) groups excluding carboxylic acids is 1. The molecule has 0 aliphatic heterocycles. The summed E-state index contributed by atoms with van der Waals surface area (Å²) in [7, 11) is 0. The number of anilines is 1. The number of nitriles is 1. The maximum Gasteiger partial charge on any atom is 0.266 e. The first-order valence-electron chi connectivity index (χ1n) is 8.89. The summed E-state index contributed by atoms with van der Waals surface area (Å²) in [4.78, 5) is 12.6. The minimum absolute atomic E-state index is 0.0273. The molecule has 28 heavy (non-hydrogen) atoms. The van der Waals surface area contributed by atoms with Gasteiger partial charge in [0, 0.05) is 5.69 Å². The number of hydrogen-bond donors (Lipinski definition) is 1. The van der Waals surface area contributed by atoms with Crippen LogP contribution in [0, 0.1) is 25.2 Å². The summed E-state index contributed by atoms with van der Waals surface area (Å²) in [6, 6.07) is 24.4. The molecule has 3 aromatic carbocycles. The number of nitrogens with zero attached hydrogens (tertiary/aromatic N) is 1. The van der Waals surface area contributed by atoms with Gasteiger partial charge < -0.3 is 10.1 Å². The van der Waals surface area contributed by atoms with E-state index in [-0.39, 0.29) is 5.57 Å². The van der Waals surface area contributed by atoms with Crippen molar-refractivity contribution < 1.29 is 9.53 Å². The molecule has 3 aromatic rings. The van der Waals surface area contributed by atoms with E-state index in [0.29, 0.717) is 11.3 Å². The van der Waals surface area contributed by atoms with Gasteiger partial charge in [0.15, 0.2) is 0 Å². The Morgan fingerprint density at radius 2 is 1.57 bits per heavy atom. The molecule has 0 spiro atoms. The molecule has 1 amide bonds. The lowest BCUT2D eigenvalue weighted by Crippen LogP contribution is -2.15. The fourth-order valence-corrected chi connectivity index (χ4v) is 2.80. The Labute approximate surface area is 164 Å². The van der Waals surface area contributed by atoms with E-state index in [9.17, 15) is 10.1 Å². The van der Waals surface area contributed by atoms with Crippen molar-refractivity contribution >= 4 is 17.7 Å². The minimum Gasteiger partial charge on any atom is -0.457 e. The standard InChI is InChI=1S/C24H20N2O2/c1-17-8-6-9-18(2)23(17)26-24(27)20(16-25)14-19-10-7-13-22(15-19)28-21-11-4-3-5-12-21/h3-15H,1-2H3,(H,26,27). The Balaban J connectivity index is 1.81. The second kappa shape index (κ2) is 8.70. The van der Waals surface area contributed by atoms with Gasteiger partial charge in [-0.05, 0) is 60.9 Å². The summed E-state index contributed by atoms with van der Waals surface area (Å²) >= 11 is 0. The summed E-state index contributed by atoms with van der Waals surface area (Å²) in [5.41, 5.74) is 3.36. The first kappa shape index (κ1) is 18.9. The zero-order valence-corrected chi connectivity index (χ0v) is 15.8. The van der Waals surface area contributed by atoms with Gasteiger partial charge in [-0.2, -0.15) is 5.26 Å². The fourth-order valence-electron chi connectivity index (χ4n) is 2.80. The van der Waals surface area contributed by atoms with Gasteiger partial charge in [-0.15, -0.1) is 0 Å². The molecule has 0 heterocycles. The van der Waals surface area contributed by atoms with Crippen molar-refractivity contribution in [3.8, 4) is 17.6 Å². The summed E-state index contributed by atoms with van der Waals surface area (Å²) in [5.74, 6) is 0.915. The predicted octanol–water partition coefficient (Wildman–Crippen LogP) is 5.64. The molecule has 4 nitrogen and oxygen atoms in total. The van der Waals surface area contributed by atoms with Crippen molar-refractivity contribution in [2.75, 3.05) is 5.32 Å². The summed E-state index contributed by atoms with van der Waals surface area (Å²) in [5, 5.41) is 12.3. The van der Waals surface area contributed by atoms with Crippen LogP contribution in [0.3, 0.4) is 0 Å². The fraction of sp³-hybridized carbons (Fsp3) is 0.0833. The Hall–Kier alpha value is -3.84. The van der Waals surface area contributed by atoms with Crippen molar-refractivity contribution in [2.24, 2.45) is 0 Å². The maximum atomic E-state index is 12.6. The number of aryl methyl sites for hydroxylation is 2. The van der Waals surface area contributed by atoms with Crippen LogP contribution in [0.15, 0.2) is 78.4 Å². The highest BCUT2D eigenvalue weighted by Crippen LogP contribution is 2.24. The molecular formula is C24H20N2O2. The zero-order valence-electron chi connectivity index (χ0n) is 15.8. The van der Waals surface area contributed by atoms with Crippen molar-refractivity contribution in [3.63, 3.8) is 0 Å². The molecule has 0 aliphatic rings. The smallest absolute Gasteiger partial charge is 0.266 e. The van der Waals surface area contributed by atoms with Crippen LogP contribution in [0.1, 0.15) is 16.7 Å². The molecule has 4 heteroatoms. The molecule has 3 rings (SSSR count). The topological polar surface area (TPSA) is 62.1 Å². The first-order valence-corrected chi connectivity index (χ1v) is 8.89. The van der Waals surface area contributed by atoms with Gasteiger partial charge in [0.25, 0.3) is 5.91 Å². The van der Waals surface area contributed by atoms with Crippen LogP contribution in [0.2, 0.25) is 0 Å². The van der Waals surface area contributed by atoms with Gasteiger partial charge in [-0.1, -0.05) is 48.5 Å². The molecule has 0 saturated heterocycles. The van der Waals surface area contributed by atoms with E-state index in [1.165, 1.54) is 0 Å². The van der Waals surface area contributed by atoms with E-state index < -0.39 is 5.91 Å².